The van der Waals surface area contributed by atoms with Crippen LogP contribution in [-0.2, 0) is 0 Å². The number of benzene rings is 4. The number of hydrogen-bond donors (Lipinski definition) is 0. The minimum atomic E-state index is 0.0457. The van der Waals surface area contributed by atoms with Crippen LogP contribution < -0.4 is 0 Å². The summed E-state index contributed by atoms with van der Waals surface area (Å²) >= 11 is 0. The highest BCUT2D eigenvalue weighted by atomic mass is 16.1. The SMILES string of the molecule is O=C(c1ccccc1)c1ccc(-n2c3ccccc3c3ccccc32)cc1. The first-order valence-corrected chi connectivity index (χ1v) is 9.01. The summed E-state index contributed by atoms with van der Waals surface area (Å²) in [5.41, 5.74) is 4.80. The van der Waals surface area contributed by atoms with Crippen molar-refractivity contribution >= 4 is 27.6 Å². The van der Waals surface area contributed by atoms with Gasteiger partial charge in [-0.1, -0.05) is 66.7 Å². The zero-order valence-electron chi connectivity index (χ0n) is 14.7. The van der Waals surface area contributed by atoms with Crippen molar-refractivity contribution in [2.45, 2.75) is 0 Å². The van der Waals surface area contributed by atoms with Gasteiger partial charge in [0.25, 0.3) is 0 Å². The summed E-state index contributed by atoms with van der Waals surface area (Å²) in [5, 5.41) is 2.47. The first kappa shape index (κ1) is 15.6. The van der Waals surface area contributed by atoms with Crippen LogP contribution in [0.2, 0.25) is 0 Å². The van der Waals surface area contributed by atoms with E-state index in [0.717, 1.165) is 5.69 Å². The van der Waals surface area contributed by atoms with E-state index in [4.69, 9.17) is 0 Å². The quantitative estimate of drug-likeness (QED) is 0.366. The largest absolute Gasteiger partial charge is 0.309 e. The molecule has 2 nitrogen and oxygen atoms in total. The fraction of sp³-hybridized carbons (Fsp3) is 0. The van der Waals surface area contributed by atoms with Crippen LogP contribution in [-0.4, -0.2) is 10.4 Å². The van der Waals surface area contributed by atoms with Gasteiger partial charge in [0.2, 0.25) is 0 Å². The Morgan fingerprint density at radius 1 is 0.519 bits per heavy atom. The molecule has 1 heterocycles. The second-order valence-corrected chi connectivity index (χ2v) is 6.61. The number of para-hydroxylation sites is 2. The van der Waals surface area contributed by atoms with Crippen LogP contribution in [0.15, 0.2) is 103 Å². The molecule has 0 bridgehead atoms. The van der Waals surface area contributed by atoms with Gasteiger partial charge in [0.15, 0.2) is 5.78 Å². The molecular weight excluding hydrogens is 330 g/mol. The van der Waals surface area contributed by atoms with Gasteiger partial charge >= 0.3 is 0 Å². The molecular formula is C25H17NO. The van der Waals surface area contributed by atoms with Gasteiger partial charge in [0.05, 0.1) is 11.0 Å². The Morgan fingerprint density at radius 2 is 1.00 bits per heavy atom. The minimum Gasteiger partial charge on any atom is -0.309 e. The van der Waals surface area contributed by atoms with E-state index in [1.807, 2.05) is 54.6 Å². The van der Waals surface area contributed by atoms with Gasteiger partial charge in [-0.2, -0.15) is 0 Å². The van der Waals surface area contributed by atoms with Crippen molar-refractivity contribution in [1.29, 1.82) is 0 Å². The van der Waals surface area contributed by atoms with Gasteiger partial charge in [-0.05, 0) is 36.4 Å². The van der Waals surface area contributed by atoms with Crippen LogP contribution in [0.1, 0.15) is 15.9 Å². The van der Waals surface area contributed by atoms with E-state index in [2.05, 4.69) is 53.1 Å². The van der Waals surface area contributed by atoms with Crippen molar-refractivity contribution in [3.05, 3.63) is 114 Å². The van der Waals surface area contributed by atoms with E-state index in [0.29, 0.717) is 11.1 Å². The molecule has 2 heteroatoms. The molecule has 0 saturated heterocycles. The molecule has 0 saturated carbocycles. The summed E-state index contributed by atoms with van der Waals surface area (Å²) in [4.78, 5) is 12.7. The summed E-state index contributed by atoms with van der Waals surface area (Å²) in [7, 11) is 0. The summed E-state index contributed by atoms with van der Waals surface area (Å²) < 4.78 is 2.25. The number of ketones is 1. The topological polar surface area (TPSA) is 22.0 Å². The maximum Gasteiger partial charge on any atom is 0.193 e. The maximum atomic E-state index is 12.7. The third-order valence-corrected chi connectivity index (χ3v) is 5.00. The van der Waals surface area contributed by atoms with Crippen molar-refractivity contribution < 1.29 is 4.79 Å². The molecule has 5 aromatic rings. The lowest BCUT2D eigenvalue weighted by Crippen LogP contribution is -2.01. The molecule has 0 spiro atoms. The number of carbonyl (C=O) groups is 1. The molecule has 4 aromatic carbocycles. The summed E-state index contributed by atoms with van der Waals surface area (Å²) in [5.74, 6) is 0.0457. The molecule has 0 N–H and O–H groups in total. The Kier molecular flexibility index (Phi) is 3.61. The van der Waals surface area contributed by atoms with Crippen LogP contribution in [0.5, 0.6) is 0 Å². The number of carbonyl (C=O) groups excluding carboxylic acids is 1. The van der Waals surface area contributed by atoms with Gasteiger partial charge in [0, 0.05) is 27.6 Å². The smallest absolute Gasteiger partial charge is 0.193 e. The summed E-state index contributed by atoms with van der Waals surface area (Å²) in [6.45, 7) is 0. The molecule has 0 aliphatic heterocycles. The molecule has 128 valence electrons. The molecule has 0 atom stereocenters. The highest BCUT2D eigenvalue weighted by Gasteiger charge is 2.12. The second-order valence-electron chi connectivity index (χ2n) is 6.61. The molecule has 5 rings (SSSR count). The average Bonchev–Trinajstić information content (AvgIpc) is 3.08. The third kappa shape index (κ3) is 2.54. The first-order valence-electron chi connectivity index (χ1n) is 9.01. The van der Waals surface area contributed by atoms with Crippen molar-refractivity contribution in [2.75, 3.05) is 0 Å². The standard InChI is InChI=1S/C25H17NO/c27-25(18-8-2-1-3-9-18)19-14-16-20(17-15-19)26-23-12-6-4-10-21(23)22-11-5-7-13-24(22)26/h1-17H. The second kappa shape index (κ2) is 6.26. The number of hydrogen-bond acceptors (Lipinski definition) is 1. The molecule has 0 unspecified atom stereocenters. The average molecular weight is 347 g/mol. The molecule has 0 radical (unpaired) electrons. The number of rotatable bonds is 3. The van der Waals surface area contributed by atoms with E-state index < -0.39 is 0 Å². The lowest BCUT2D eigenvalue weighted by molar-refractivity contribution is 0.103. The van der Waals surface area contributed by atoms with Crippen molar-refractivity contribution in [3.8, 4) is 5.69 Å². The van der Waals surface area contributed by atoms with Crippen LogP contribution in [0.3, 0.4) is 0 Å². The monoisotopic (exact) mass is 347 g/mol. The molecule has 1 aromatic heterocycles. The lowest BCUT2D eigenvalue weighted by Gasteiger charge is -2.09. The van der Waals surface area contributed by atoms with Gasteiger partial charge in [0.1, 0.15) is 0 Å². The number of nitrogens with zero attached hydrogens (tertiary/aromatic N) is 1. The third-order valence-electron chi connectivity index (χ3n) is 5.00. The van der Waals surface area contributed by atoms with E-state index in [9.17, 15) is 4.79 Å². The van der Waals surface area contributed by atoms with E-state index in [1.165, 1.54) is 21.8 Å². The number of fused-ring (bicyclic) bond motifs is 3. The molecule has 27 heavy (non-hydrogen) atoms. The maximum absolute atomic E-state index is 12.7. The van der Waals surface area contributed by atoms with Crippen LogP contribution in [0, 0.1) is 0 Å². The van der Waals surface area contributed by atoms with Crippen molar-refractivity contribution in [3.63, 3.8) is 0 Å². The predicted molar refractivity (Wildman–Crippen MR) is 111 cm³/mol. The zero-order valence-corrected chi connectivity index (χ0v) is 14.7. The Bertz CT molecular complexity index is 1210. The number of aromatic nitrogens is 1. The summed E-state index contributed by atoms with van der Waals surface area (Å²) in [6, 6.07) is 34.1. The lowest BCUT2D eigenvalue weighted by atomic mass is 10.0. The Balaban J connectivity index is 1.64. The van der Waals surface area contributed by atoms with E-state index >= 15 is 0 Å². The highest BCUT2D eigenvalue weighted by Crippen LogP contribution is 2.31. The normalized spacial score (nSPS) is 11.1. The minimum absolute atomic E-state index is 0.0457. The first-order chi connectivity index (χ1) is 13.3. The Hall–Kier alpha value is -3.65. The van der Waals surface area contributed by atoms with Gasteiger partial charge in [-0.15, -0.1) is 0 Å². The van der Waals surface area contributed by atoms with Gasteiger partial charge in [-0.25, -0.2) is 0 Å². The van der Waals surface area contributed by atoms with Gasteiger partial charge < -0.3 is 4.57 Å². The fourth-order valence-electron chi connectivity index (χ4n) is 3.72. The molecule has 0 aliphatic carbocycles. The van der Waals surface area contributed by atoms with Gasteiger partial charge in [-0.3, -0.25) is 4.79 Å². The fourth-order valence-corrected chi connectivity index (χ4v) is 3.72. The Morgan fingerprint density at radius 3 is 1.59 bits per heavy atom. The molecule has 0 amide bonds. The van der Waals surface area contributed by atoms with E-state index in [-0.39, 0.29) is 5.78 Å². The van der Waals surface area contributed by atoms with Crippen molar-refractivity contribution in [2.24, 2.45) is 0 Å². The van der Waals surface area contributed by atoms with Crippen LogP contribution in [0.25, 0.3) is 27.5 Å². The molecule has 0 aliphatic rings. The van der Waals surface area contributed by atoms with Crippen molar-refractivity contribution in [1.82, 2.24) is 4.57 Å². The Labute approximate surface area is 157 Å². The van der Waals surface area contributed by atoms with Crippen LogP contribution >= 0.6 is 0 Å². The predicted octanol–water partition coefficient (Wildman–Crippen LogP) is 6.01. The highest BCUT2D eigenvalue weighted by molar-refractivity contribution is 6.10. The molecule has 0 fully saturated rings. The van der Waals surface area contributed by atoms with Crippen LogP contribution in [0.4, 0.5) is 0 Å². The zero-order chi connectivity index (χ0) is 18.2. The summed E-state index contributed by atoms with van der Waals surface area (Å²) in [6.07, 6.45) is 0. The van der Waals surface area contributed by atoms with E-state index in [1.54, 1.807) is 0 Å².